The summed E-state index contributed by atoms with van der Waals surface area (Å²) < 4.78 is 0. The van der Waals surface area contributed by atoms with Crippen LogP contribution < -0.4 is 0 Å². The summed E-state index contributed by atoms with van der Waals surface area (Å²) >= 11 is 0. The summed E-state index contributed by atoms with van der Waals surface area (Å²) in [4.78, 5) is 0. The van der Waals surface area contributed by atoms with E-state index in [-0.39, 0.29) is 6.10 Å². The topological polar surface area (TPSA) is 20.2 Å². The number of rotatable bonds is 2. The summed E-state index contributed by atoms with van der Waals surface area (Å²) in [5.74, 6) is 0.458. The largest absolute Gasteiger partial charge is 0.393 e. The van der Waals surface area contributed by atoms with Crippen molar-refractivity contribution in [2.75, 3.05) is 0 Å². The molecule has 1 N–H and O–H groups in total. The van der Waals surface area contributed by atoms with Crippen LogP contribution in [0.1, 0.15) is 27.2 Å². The highest BCUT2D eigenvalue weighted by Gasteiger charge is 2.03. The Morgan fingerprint density at radius 2 is 1.86 bits per heavy atom. The molecule has 2 atom stereocenters. The van der Waals surface area contributed by atoms with Crippen LogP contribution in [0.4, 0.5) is 0 Å². The molecular formula is C6H14O. The van der Waals surface area contributed by atoms with Gasteiger partial charge in [-0.3, -0.25) is 0 Å². The van der Waals surface area contributed by atoms with Crippen molar-refractivity contribution in [1.29, 1.82) is 0 Å². The molecule has 0 amide bonds. The zero-order valence-electron chi connectivity index (χ0n) is 5.31. The molecular weight excluding hydrogens is 88.1 g/mol. The fraction of sp³-hybridized carbons (Fsp3) is 1.00. The van der Waals surface area contributed by atoms with E-state index in [1.165, 1.54) is 0 Å². The van der Waals surface area contributed by atoms with Gasteiger partial charge in [-0.2, -0.15) is 0 Å². The maximum absolute atomic E-state index is 8.82. The second-order valence-electron chi connectivity index (χ2n) is 2.13. The molecule has 0 spiro atoms. The lowest BCUT2D eigenvalue weighted by molar-refractivity contribution is 0.133. The quantitative estimate of drug-likeness (QED) is 0.559. The summed E-state index contributed by atoms with van der Waals surface area (Å²) in [6.45, 7) is 5.95. The van der Waals surface area contributed by atoms with Crippen molar-refractivity contribution >= 4 is 0 Å². The first-order valence-electron chi connectivity index (χ1n) is 2.86. The molecule has 0 aromatic carbocycles. The van der Waals surface area contributed by atoms with Gasteiger partial charge in [-0.1, -0.05) is 20.3 Å². The van der Waals surface area contributed by atoms with Crippen molar-refractivity contribution in [1.82, 2.24) is 0 Å². The Labute approximate surface area is 45.4 Å². The van der Waals surface area contributed by atoms with Crippen molar-refractivity contribution < 1.29 is 5.11 Å². The number of hydrogen-bond acceptors (Lipinski definition) is 1. The van der Waals surface area contributed by atoms with Crippen LogP contribution in [0, 0.1) is 5.92 Å². The summed E-state index contributed by atoms with van der Waals surface area (Å²) in [7, 11) is 0. The molecule has 0 rings (SSSR count). The molecule has 0 bridgehead atoms. The smallest absolute Gasteiger partial charge is 0.0537 e. The van der Waals surface area contributed by atoms with Crippen LogP contribution >= 0.6 is 0 Å². The van der Waals surface area contributed by atoms with Crippen molar-refractivity contribution in [3.05, 3.63) is 0 Å². The molecule has 44 valence electrons. The van der Waals surface area contributed by atoms with E-state index in [0.717, 1.165) is 6.42 Å². The molecule has 1 nitrogen and oxygen atoms in total. The standard InChI is InChI=1S/C6H14O/c1-4-5(2)6(3)7/h5-7H,4H2,1-3H3/t5-,6+/m1/s1. The average molecular weight is 102 g/mol. The number of aliphatic hydroxyl groups is 1. The molecule has 1 heteroatoms. The maximum Gasteiger partial charge on any atom is 0.0537 e. The maximum atomic E-state index is 8.82. The summed E-state index contributed by atoms with van der Waals surface area (Å²) in [5, 5.41) is 8.82. The predicted molar refractivity (Wildman–Crippen MR) is 31.1 cm³/mol. The third-order valence-corrected chi connectivity index (χ3v) is 1.47. The van der Waals surface area contributed by atoms with E-state index in [1.807, 2.05) is 13.8 Å². The highest BCUT2D eigenvalue weighted by Crippen LogP contribution is 2.04. The van der Waals surface area contributed by atoms with Gasteiger partial charge in [-0.05, 0) is 12.8 Å². The Kier molecular flexibility index (Phi) is 3.01. The van der Waals surface area contributed by atoms with Crippen LogP contribution in [0.25, 0.3) is 0 Å². The van der Waals surface area contributed by atoms with Gasteiger partial charge < -0.3 is 5.11 Å². The highest BCUT2D eigenvalue weighted by atomic mass is 16.3. The van der Waals surface area contributed by atoms with Gasteiger partial charge in [-0.25, -0.2) is 0 Å². The van der Waals surface area contributed by atoms with E-state index >= 15 is 0 Å². The van der Waals surface area contributed by atoms with Gasteiger partial charge >= 0.3 is 0 Å². The Hall–Kier alpha value is -0.0400. The fourth-order valence-corrected chi connectivity index (χ4v) is 0.341. The molecule has 0 aliphatic carbocycles. The van der Waals surface area contributed by atoms with Crippen LogP contribution in [0.15, 0.2) is 0 Å². The Balaban J connectivity index is 3.14. The van der Waals surface area contributed by atoms with Crippen LogP contribution in [0.2, 0.25) is 0 Å². The van der Waals surface area contributed by atoms with Crippen LogP contribution in [0.3, 0.4) is 0 Å². The van der Waals surface area contributed by atoms with Gasteiger partial charge in [0, 0.05) is 0 Å². The molecule has 0 aromatic rings. The van der Waals surface area contributed by atoms with Crippen LogP contribution in [-0.2, 0) is 0 Å². The monoisotopic (exact) mass is 102 g/mol. The Bertz CT molecular complexity index is 41.4. The zero-order valence-corrected chi connectivity index (χ0v) is 5.31. The zero-order chi connectivity index (χ0) is 5.86. The molecule has 0 saturated heterocycles. The first-order valence-corrected chi connectivity index (χ1v) is 2.86. The first-order chi connectivity index (χ1) is 3.18. The minimum absolute atomic E-state index is 0.134. The predicted octanol–water partition coefficient (Wildman–Crippen LogP) is 1.41. The normalized spacial score (nSPS) is 18.9. The van der Waals surface area contributed by atoms with Crippen LogP contribution in [0.5, 0.6) is 0 Å². The van der Waals surface area contributed by atoms with Gasteiger partial charge in [-0.15, -0.1) is 0 Å². The molecule has 0 aliphatic rings. The van der Waals surface area contributed by atoms with Gasteiger partial charge in [0.25, 0.3) is 0 Å². The van der Waals surface area contributed by atoms with Crippen molar-refractivity contribution in [3.63, 3.8) is 0 Å². The van der Waals surface area contributed by atoms with Crippen molar-refractivity contribution in [2.24, 2.45) is 5.92 Å². The summed E-state index contributed by atoms with van der Waals surface area (Å²) in [6, 6.07) is 0. The van der Waals surface area contributed by atoms with E-state index in [0.29, 0.717) is 5.92 Å². The minimum Gasteiger partial charge on any atom is -0.393 e. The molecule has 0 heterocycles. The molecule has 0 saturated carbocycles. The Morgan fingerprint density at radius 1 is 1.43 bits per heavy atom. The Morgan fingerprint density at radius 3 is 1.86 bits per heavy atom. The SMILES string of the molecule is CC[C@@H](C)[C@H](C)O. The van der Waals surface area contributed by atoms with E-state index in [4.69, 9.17) is 5.11 Å². The third-order valence-electron chi connectivity index (χ3n) is 1.47. The van der Waals surface area contributed by atoms with E-state index in [2.05, 4.69) is 6.92 Å². The van der Waals surface area contributed by atoms with Gasteiger partial charge in [0.15, 0.2) is 0 Å². The van der Waals surface area contributed by atoms with Gasteiger partial charge in [0.2, 0.25) is 0 Å². The van der Waals surface area contributed by atoms with Crippen molar-refractivity contribution in [2.45, 2.75) is 33.3 Å². The number of hydrogen-bond donors (Lipinski definition) is 1. The third kappa shape index (κ3) is 2.63. The molecule has 0 radical (unpaired) electrons. The van der Waals surface area contributed by atoms with E-state index in [1.54, 1.807) is 0 Å². The summed E-state index contributed by atoms with van der Waals surface area (Å²) in [5.41, 5.74) is 0. The molecule has 0 aromatic heterocycles. The number of aliphatic hydroxyl groups excluding tert-OH is 1. The van der Waals surface area contributed by atoms with E-state index in [9.17, 15) is 0 Å². The fourth-order valence-electron chi connectivity index (χ4n) is 0.341. The average Bonchev–Trinajstić information content (AvgIpc) is 1.65. The first kappa shape index (κ1) is 6.96. The van der Waals surface area contributed by atoms with Gasteiger partial charge in [0.1, 0.15) is 0 Å². The van der Waals surface area contributed by atoms with E-state index < -0.39 is 0 Å². The minimum atomic E-state index is -0.134. The summed E-state index contributed by atoms with van der Waals surface area (Å²) in [6.07, 6.45) is 0.933. The van der Waals surface area contributed by atoms with Crippen LogP contribution in [-0.4, -0.2) is 11.2 Å². The highest BCUT2D eigenvalue weighted by molar-refractivity contribution is 4.54. The molecule has 0 fully saturated rings. The lowest BCUT2D eigenvalue weighted by Gasteiger charge is -2.09. The lowest BCUT2D eigenvalue weighted by atomic mass is 10.0. The van der Waals surface area contributed by atoms with Crippen molar-refractivity contribution in [3.8, 4) is 0 Å². The second kappa shape index (κ2) is 3.03. The molecule has 0 unspecified atom stereocenters. The molecule has 0 aliphatic heterocycles. The lowest BCUT2D eigenvalue weighted by Crippen LogP contribution is -2.10. The molecule has 7 heavy (non-hydrogen) atoms. The second-order valence-corrected chi connectivity index (χ2v) is 2.13. The van der Waals surface area contributed by atoms with Gasteiger partial charge in [0.05, 0.1) is 6.10 Å².